The van der Waals surface area contributed by atoms with Crippen LogP contribution in [-0.4, -0.2) is 43.8 Å². The van der Waals surface area contributed by atoms with Crippen LogP contribution in [0.3, 0.4) is 0 Å². The Kier molecular flexibility index (Phi) is 5.63. The number of pyridine rings is 1. The first-order valence-electron chi connectivity index (χ1n) is 9.51. The van der Waals surface area contributed by atoms with Crippen LogP contribution in [-0.2, 0) is 30.1 Å². The van der Waals surface area contributed by atoms with Gasteiger partial charge in [0.1, 0.15) is 11.3 Å². The number of aromatic nitrogens is 5. The minimum atomic E-state index is -4.77. The van der Waals surface area contributed by atoms with E-state index in [1.165, 1.54) is 24.6 Å². The van der Waals surface area contributed by atoms with Gasteiger partial charge in [-0.3, -0.25) is 0 Å². The van der Waals surface area contributed by atoms with Crippen molar-refractivity contribution in [3.8, 4) is 11.4 Å². The van der Waals surface area contributed by atoms with Crippen molar-refractivity contribution in [1.29, 1.82) is 0 Å². The second-order valence-corrected chi connectivity index (χ2v) is 10.7. The van der Waals surface area contributed by atoms with Gasteiger partial charge in [-0.15, -0.1) is 0 Å². The molecule has 0 radical (unpaired) electrons. The van der Waals surface area contributed by atoms with Crippen molar-refractivity contribution < 1.29 is 34.8 Å². The second-order valence-electron chi connectivity index (χ2n) is 7.29. The lowest BCUT2D eigenvalue weighted by Crippen LogP contribution is -2.12. The molecule has 0 amide bonds. The zero-order valence-corrected chi connectivity index (χ0v) is 19.3. The van der Waals surface area contributed by atoms with E-state index in [9.17, 15) is 34.8 Å². The van der Waals surface area contributed by atoms with Crippen LogP contribution in [0, 0.1) is 0 Å². The average Bonchev–Trinajstić information content (AvgIpc) is 3.22. The summed E-state index contributed by atoms with van der Waals surface area (Å²) < 4.78 is 106. The molecule has 0 bridgehead atoms. The minimum absolute atomic E-state index is 0.00444. The van der Waals surface area contributed by atoms with Gasteiger partial charge in [0.15, 0.2) is 15.5 Å². The van der Waals surface area contributed by atoms with Crippen LogP contribution in [0.4, 0.5) is 26.3 Å². The van der Waals surface area contributed by atoms with Gasteiger partial charge < -0.3 is 9.13 Å². The zero-order valence-electron chi connectivity index (χ0n) is 17.7. The third-order valence-corrected chi connectivity index (χ3v) is 7.57. The Hall–Kier alpha value is -2.81. The molecule has 7 nitrogen and oxygen atoms in total. The number of hydrogen-bond acceptors (Lipinski definition) is 6. The summed E-state index contributed by atoms with van der Waals surface area (Å²) in [6, 6.07) is 3.43. The predicted octanol–water partition coefficient (Wildman–Crippen LogP) is 4.95. The van der Waals surface area contributed by atoms with E-state index in [4.69, 9.17) is 0 Å². The fourth-order valence-electron chi connectivity index (χ4n) is 3.55. The van der Waals surface area contributed by atoms with Gasteiger partial charge in [0.2, 0.25) is 5.82 Å². The SMILES string of the molecule is CCS(=O)(=O)c1cc2c(cc1-c1nc3cc(SC(F)(F)F)cnc3n1C)nc(C(F)(F)F)n2C. The van der Waals surface area contributed by atoms with Gasteiger partial charge >= 0.3 is 11.7 Å². The normalized spacial score (nSPS) is 13.3. The molecule has 0 atom stereocenters. The molecule has 1 aromatic carbocycles. The number of hydrogen-bond donors (Lipinski definition) is 0. The van der Waals surface area contributed by atoms with E-state index in [1.54, 1.807) is 0 Å². The molecule has 0 aliphatic carbocycles. The largest absolute Gasteiger partial charge is 0.449 e. The summed E-state index contributed by atoms with van der Waals surface area (Å²) in [6.07, 6.45) is -3.76. The smallest absolute Gasteiger partial charge is 0.323 e. The molecular formula is C19H15F6N5O2S2. The summed E-state index contributed by atoms with van der Waals surface area (Å²) in [5, 5.41) is 0. The number of alkyl halides is 6. The highest BCUT2D eigenvalue weighted by atomic mass is 32.2. The van der Waals surface area contributed by atoms with Gasteiger partial charge in [0.05, 0.1) is 21.7 Å². The Morgan fingerprint density at radius 1 is 0.971 bits per heavy atom. The molecule has 4 aromatic rings. The maximum absolute atomic E-state index is 13.4. The number of thioether (sulfide) groups is 1. The molecule has 0 saturated heterocycles. The van der Waals surface area contributed by atoms with E-state index < -0.39 is 27.3 Å². The van der Waals surface area contributed by atoms with Crippen LogP contribution in [0.5, 0.6) is 0 Å². The summed E-state index contributed by atoms with van der Waals surface area (Å²) in [5.74, 6) is -1.55. The van der Waals surface area contributed by atoms with Crippen LogP contribution in [0.25, 0.3) is 33.6 Å². The third-order valence-electron chi connectivity index (χ3n) is 5.11. The first-order chi connectivity index (χ1) is 15.6. The number of halogens is 6. The van der Waals surface area contributed by atoms with Gasteiger partial charge in [0.25, 0.3) is 0 Å². The zero-order chi connectivity index (χ0) is 25.2. The molecule has 182 valence electrons. The van der Waals surface area contributed by atoms with Crippen molar-refractivity contribution >= 4 is 43.8 Å². The van der Waals surface area contributed by atoms with Gasteiger partial charge in [-0.2, -0.15) is 26.3 Å². The van der Waals surface area contributed by atoms with Crippen LogP contribution in [0.1, 0.15) is 12.7 Å². The lowest BCUT2D eigenvalue weighted by atomic mass is 10.2. The van der Waals surface area contributed by atoms with E-state index in [2.05, 4.69) is 15.0 Å². The highest BCUT2D eigenvalue weighted by Gasteiger charge is 2.37. The van der Waals surface area contributed by atoms with Crippen LogP contribution in [0.15, 0.2) is 34.2 Å². The van der Waals surface area contributed by atoms with Crippen molar-refractivity contribution in [2.45, 2.75) is 28.4 Å². The van der Waals surface area contributed by atoms with E-state index in [0.29, 0.717) is 0 Å². The second kappa shape index (κ2) is 7.86. The van der Waals surface area contributed by atoms with Crippen molar-refractivity contribution in [2.24, 2.45) is 14.1 Å². The lowest BCUT2D eigenvalue weighted by Gasteiger charge is -2.11. The number of fused-ring (bicyclic) bond motifs is 2. The Labute approximate surface area is 192 Å². The van der Waals surface area contributed by atoms with Crippen LogP contribution >= 0.6 is 11.8 Å². The maximum Gasteiger partial charge on any atom is 0.449 e. The lowest BCUT2D eigenvalue weighted by molar-refractivity contribution is -0.146. The summed E-state index contributed by atoms with van der Waals surface area (Å²) in [6.45, 7) is 1.38. The molecular weight excluding hydrogens is 508 g/mol. The quantitative estimate of drug-likeness (QED) is 0.278. The van der Waals surface area contributed by atoms with Crippen molar-refractivity contribution in [3.63, 3.8) is 0 Å². The Morgan fingerprint density at radius 2 is 1.65 bits per heavy atom. The van der Waals surface area contributed by atoms with E-state index >= 15 is 0 Å². The van der Waals surface area contributed by atoms with Crippen LogP contribution in [0.2, 0.25) is 0 Å². The van der Waals surface area contributed by atoms with E-state index in [-0.39, 0.29) is 60.9 Å². The minimum Gasteiger partial charge on any atom is -0.323 e. The standard InChI is InChI=1S/C19H15F6N5O2S2/c1-4-34(31,32)14-7-13-11(28-17(29(13)2)18(20,21)22)6-10(14)15-27-12-5-9(33-19(23,24)25)8-26-16(12)30(15)3/h5-8H,4H2,1-3H3. The summed E-state index contributed by atoms with van der Waals surface area (Å²) in [7, 11) is -1.35. The summed E-state index contributed by atoms with van der Waals surface area (Å²) in [4.78, 5) is 11.4. The van der Waals surface area contributed by atoms with Crippen molar-refractivity contribution in [3.05, 3.63) is 30.2 Å². The topological polar surface area (TPSA) is 82.7 Å². The number of imidazole rings is 2. The number of nitrogens with zero attached hydrogens (tertiary/aromatic N) is 5. The number of rotatable bonds is 4. The molecule has 34 heavy (non-hydrogen) atoms. The molecule has 4 rings (SSSR count). The van der Waals surface area contributed by atoms with Crippen molar-refractivity contribution in [1.82, 2.24) is 24.1 Å². The summed E-state index contributed by atoms with van der Waals surface area (Å²) >= 11 is -0.381. The molecule has 15 heteroatoms. The highest BCUT2D eigenvalue weighted by Crippen LogP contribution is 2.39. The van der Waals surface area contributed by atoms with Gasteiger partial charge in [0, 0.05) is 30.8 Å². The molecule has 0 fully saturated rings. The Morgan fingerprint density at radius 3 is 2.24 bits per heavy atom. The molecule has 0 aliphatic heterocycles. The number of aryl methyl sites for hydroxylation is 2. The Balaban J connectivity index is 2.00. The van der Waals surface area contributed by atoms with Gasteiger partial charge in [-0.25, -0.2) is 23.4 Å². The van der Waals surface area contributed by atoms with Gasteiger partial charge in [-0.1, -0.05) is 6.92 Å². The fraction of sp³-hybridized carbons (Fsp3) is 0.316. The monoisotopic (exact) mass is 523 g/mol. The first kappa shape index (κ1) is 24.3. The fourth-order valence-corrected chi connectivity index (χ4v) is 5.18. The number of sulfone groups is 1. The molecule has 3 aromatic heterocycles. The Bertz CT molecular complexity index is 1540. The average molecular weight is 523 g/mol. The van der Waals surface area contributed by atoms with Gasteiger partial charge in [-0.05, 0) is 30.0 Å². The molecule has 0 saturated carbocycles. The number of benzene rings is 1. The highest BCUT2D eigenvalue weighted by molar-refractivity contribution is 8.00. The molecule has 0 aliphatic rings. The molecule has 0 N–H and O–H groups in total. The summed E-state index contributed by atoms with van der Waals surface area (Å²) in [5.41, 5.74) is -4.53. The molecule has 0 unspecified atom stereocenters. The maximum atomic E-state index is 13.4. The van der Waals surface area contributed by atoms with Crippen LogP contribution < -0.4 is 0 Å². The molecule has 3 heterocycles. The third kappa shape index (κ3) is 4.21. The first-order valence-corrected chi connectivity index (χ1v) is 12.0. The van der Waals surface area contributed by atoms with E-state index in [1.807, 2.05) is 0 Å². The molecule has 0 spiro atoms. The predicted molar refractivity (Wildman–Crippen MR) is 113 cm³/mol. The van der Waals surface area contributed by atoms with E-state index in [0.717, 1.165) is 29.9 Å². The van der Waals surface area contributed by atoms with Crippen molar-refractivity contribution in [2.75, 3.05) is 5.75 Å².